The minimum absolute atomic E-state index is 0.108. The summed E-state index contributed by atoms with van der Waals surface area (Å²) in [5, 5.41) is 15.6. The second-order valence-electron chi connectivity index (χ2n) is 4.81. The van der Waals surface area contributed by atoms with Gasteiger partial charge >= 0.3 is 5.97 Å². The molecule has 0 spiro atoms. The van der Waals surface area contributed by atoms with Crippen LogP contribution in [0.1, 0.15) is 29.5 Å². The Bertz CT molecular complexity index is 464. The van der Waals surface area contributed by atoms with Crippen LogP contribution in [0, 0.1) is 6.92 Å². The quantitative estimate of drug-likeness (QED) is 0.776. The first-order valence-corrected chi connectivity index (χ1v) is 5.81. The fraction of sp³-hybridized carbons (Fsp3) is 0.583. The van der Waals surface area contributed by atoms with Gasteiger partial charge in [-0.15, -0.1) is 0 Å². The van der Waals surface area contributed by atoms with Crippen LogP contribution >= 0.6 is 0 Å². The second kappa shape index (κ2) is 5.83. The SMILES string of the molecule is COCC(C)(CC(=O)O)NC(=O)c1cc(C)n(C)n1. The van der Waals surface area contributed by atoms with Crippen LogP contribution in [0.25, 0.3) is 0 Å². The third kappa shape index (κ3) is 4.06. The molecule has 1 aromatic rings. The molecule has 2 N–H and O–H groups in total. The molecule has 0 fully saturated rings. The number of ether oxygens (including phenoxy) is 1. The molecular formula is C12H19N3O4. The average molecular weight is 269 g/mol. The van der Waals surface area contributed by atoms with Gasteiger partial charge in [-0.25, -0.2) is 0 Å². The van der Waals surface area contributed by atoms with Crippen molar-refractivity contribution in [2.45, 2.75) is 25.8 Å². The van der Waals surface area contributed by atoms with Crippen LogP contribution in [0.4, 0.5) is 0 Å². The van der Waals surface area contributed by atoms with Crippen LogP contribution in [-0.2, 0) is 16.6 Å². The van der Waals surface area contributed by atoms with Crippen molar-refractivity contribution in [1.82, 2.24) is 15.1 Å². The molecule has 0 saturated heterocycles. The van der Waals surface area contributed by atoms with Gasteiger partial charge in [-0.3, -0.25) is 14.3 Å². The van der Waals surface area contributed by atoms with Crippen LogP contribution in [0.15, 0.2) is 6.07 Å². The van der Waals surface area contributed by atoms with Gasteiger partial charge in [-0.2, -0.15) is 5.10 Å². The molecule has 1 aromatic heterocycles. The van der Waals surface area contributed by atoms with E-state index >= 15 is 0 Å². The van der Waals surface area contributed by atoms with Gasteiger partial charge in [0.15, 0.2) is 0 Å². The first kappa shape index (κ1) is 15.2. The maximum absolute atomic E-state index is 12.0. The molecule has 0 aliphatic heterocycles. The maximum atomic E-state index is 12.0. The molecule has 1 unspecified atom stereocenters. The average Bonchev–Trinajstić information content (AvgIpc) is 2.58. The Balaban J connectivity index is 2.84. The highest BCUT2D eigenvalue weighted by atomic mass is 16.5. The maximum Gasteiger partial charge on any atom is 0.305 e. The van der Waals surface area contributed by atoms with Gasteiger partial charge < -0.3 is 15.2 Å². The molecule has 7 heteroatoms. The molecule has 1 amide bonds. The number of carboxylic acid groups (broad SMARTS) is 1. The zero-order valence-corrected chi connectivity index (χ0v) is 11.6. The molecule has 1 rings (SSSR count). The highest BCUT2D eigenvalue weighted by molar-refractivity contribution is 5.93. The number of carbonyl (C=O) groups is 2. The number of aryl methyl sites for hydroxylation is 2. The Hall–Kier alpha value is -1.89. The van der Waals surface area contributed by atoms with Crippen LogP contribution in [0.2, 0.25) is 0 Å². The van der Waals surface area contributed by atoms with Gasteiger partial charge in [-0.1, -0.05) is 0 Å². The number of rotatable bonds is 6. The monoisotopic (exact) mass is 269 g/mol. The van der Waals surface area contributed by atoms with Gasteiger partial charge in [0.05, 0.1) is 18.6 Å². The summed E-state index contributed by atoms with van der Waals surface area (Å²) >= 11 is 0. The van der Waals surface area contributed by atoms with Gasteiger partial charge in [0.25, 0.3) is 5.91 Å². The van der Waals surface area contributed by atoms with E-state index in [1.165, 1.54) is 7.11 Å². The fourth-order valence-corrected chi connectivity index (χ4v) is 1.79. The molecule has 0 bridgehead atoms. The van der Waals surface area contributed by atoms with Crippen molar-refractivity contribution in [2.75, 3.05) is 13.7 Å². The number of nitrogens with zero attached hydrogens (tertiary/aromatic N) is 2. The summed E-state index contributed by atoms with van der Waals surface area (Å²) in [5.41, 5.74) is 0.132. The third-order valence-corrected chi connectivity index (χ3v) is 2.77. The van der Waals surface area contributed by atoms with Crippen molar-refractivity contribution < 1.29 is 19.4 Å². The predicted molar refractivity (Wildman–Crippen MR) is 67.9 cm³/mol. The summed E-state index contributed by atoms with van der Waals surface area (Å²) in [6.07, 6.45) is -0.224. The number of amides is 1. The molecule has 0 aromatic carbocycles. The van der Waals surface area contributed by atoms with Gasteiger partial charge in [0.2, 0.25) is 0 Å². The zero-order chi connectivity index (χ0) is 14.6. The smallest absolute Gasteiger partial charge is 0.305 e. The summed E-state index contributed by atoms with van der Waals surface area (Å²) in [5.74, 6) is -1.42. The Kier molecular flexibility index (Phi) is 4.66. The summed E-state index contributed by atoms with van der Waals surface area (Å²) in [4.78, 5) is 22.9. The highest BCUT2D eigenvalue weighted by Crippen LogP contribution is 2.12. The first-order valence-electron chi connectivity index (χ1n) is 5.81. The number of methoxy groups -OCH3 is 1. The van der Waals surface area contributed by atoms with E-state index in [2.05, 4.69) is 10.4 Å². The molecule has 1 atom stereocenters. The van der Waals surface area contributed by atoms with Crippen molar-refractivity contribution in [2.24, 2.45) is 7.05 Å². The molecule has 7 nitrogen and oxygen atoms in total. The van der Waals surface area contributed by atoms with E-state index < -0.39 is 17.4 Å². The fourth-order valence-electron chi connectivity index (χ4n) is 1.79. The third-order valence-electron chi connectivity index (χ3n) is 2.77. The highest BCUT2D eigenvalue weighted by Gasteiger charge is 2.30. The van der Waals surface area contributed by atoms with Crippen molar-refractivity contribution >= 4 is 11.9 Å². The van der Waals surface area contributed by atoms with E-state index in [9.17, 15) is 9.59 Å². The number of aromatic nitrogens is 2. The summed E-state index contributed by atoms with van der Waals surface area (Å²) in [7, 11) is 3.19. The van der Waals surface area contributed by atoms with Crippen LogP contribution in [0.3, 0.4) is 0 Å². The van der Waals surface area contributed by atoms with E-state index in [0.29, 0.717) is 0 Å². The summed E-state index contributed by atoms with van der Waals surface area (Å²) < 4.78 is 6.55. The van der Waals surface area contributed by atoms with Crippen LogP contribution < -0.4 is 5.32 Å². The van der Waals surface area contributed by atoms with Gasteiger partial charge in [-0.05, 0) is 19.9 Å². The number of nitrogens with one attached hydrogen (secondary N) is 1. The Morgan fingerprint density at radius 1 is 1.58 bits per heavy atom. The minimum atomic E-state index is -1.00. The lowest BCUT2D eigenvalue weighted by Crippen LogP contribution is -2.50. The summed E-state index contributed by atoms with van der Waals surface area (Å²) in [6, 6.07) is 1.64. The number of carboxylic acids is 1. The minimum Gasteiger partial charge on any atom is -0.481 e. The van der Waals surface area contributed by atoms with Crippen molar-refractivity contribution in [3.8, 4) is 0 Å². The van der Waals surface area contributed by atoms with Crippen LogP contribution in [-0.4, -0.2) is 46.0 Å². The molecule has 0 radical (unpaired) electrons. The molecular weight excluding hydrogens is 250 g/mol. The summed E-state index contributed by atoms with van der Waals surface area (Å²) in [6.45, 7) is 3.56. The molecule has 19 heavy (non-hydrogen) atoms. The molecule has 0 saturated carbocycles. The number of hydrogen-bond acceptors (Lipinski definition) is 4. The number of carbonyl (C=O) groups excluding carboxylic acids is 1. The number of aliphatic carboxylic acids is 1. The lowest BCUT2D eigenvalue weighted by molar-refractivity contribution is -0.139. The normalized spacial score (nSPS) is 13.9. The largest absolute Gasteiger partial charge is 0.481 e. The number of hydrogen-bond donors (Lipinski definition) is 2. The van der Waals surface area contributed by atoms with E-state index in [1.807, 2.05) is 6.92 Å². The second-order valence-corrected chi connectivity index (χ2v) is 4.81. The zero-order valence-electron chi connectivity index (χ0n) is 11.6. The van der Waals surface area contributed by atoms with Gasteiger partial charge in [0, 0.05) is 19.9 Å². The van der Waals surface area contributed by atoms with Crippen molar-refractivity contribution in [1.29, 1.82) is 0 Å². The van der Waals surface area contributed by atoms with Gasteiger partial charge in [0.1, 0.15) is 5.69 Å². The Morgan fingerprint density at radius 2 is 2.21 bits per heavy atom. The van der Waals surface area contributed by atoms with Crippen molar-refractivity contribution in [3.63, 3.8) is 0 Å². The van der Waals surface area contributed by atoms with Crippen LogP contribution in [0.5, 0.6) is 0 Å². The van der Waals surface area contributed by atoms with Crippen molar-refractivity contribution in [3.05, 3.63) is 17.5 Å². The van der Waals surface area contributed by atoms with E-state index in [4.69, 9.17) is 9.84 Å². The molecule has 1 heterocycles. The standard InChI is InChI=1S/C12H19N3O4/c1-8-5-9(14-15(8)3)11(18)13-12(2,7-19-4)6-10(16)17/h5H,6-7H2,1-4H3,(H,13,18)(H,16,17). The molecule has 0 aliphatic rings. The Labute approximate surface area is 111 Å². The molecule has 106 valence electrons. The van der Waals surface area contributed by atoms with E-state index in [1.54, 1.807) is 24.7 Å². The lowest BCUT2D eigenvalue weighted by Gasteiger charge is -2.28. The topological polar surface area (TPSA) is 93.5 Å². The van der Waals surface area contributed by atoms with E-state index in [0.717, 1.165) is 5.69 Å². The first-order chi connectivity index (χ1) is 8.77. The molecule has 0 aliphatic carbocycles. The predicted octanol–water partition coefficient (Wildman–Crippen LogP) is 0.338. The Morgan fingerprint density at radius 3 is 2.63 bits per heavy atom. The van der Waals surface area contributed by atoms with E-state index in [-0.39, 0.29) is 18.7 Å². The lowest BCUT2D eigenvalue weighted by atomic mass is 9.98.